The van der Waals surface area contributed by atoms with Crippen LogP contribution in [0.2, 0.25) is 0 Å². The van der Waals surface area contributed by atoms with Gasteiger partial charge in [-0.05, 0) is 66.8 Å². The molecular formula is C25H26N2O5. The number of pyridine rings is 1. The molecule has 1 N–H and O–H groups in total. The molecule has 32 heavy (non-hydrogen) atoms. The SMILES string of the molecule is COc1ccc2[nH]c(=O)c([C@@H]3c4cc(OC)c(OC)cc4CCN3C(=O)C3CC3)cc2c1. The molecule has 0 unspecified atom stereocenters. The summed E-state index contributed by atoms with van der Waals surface area (Å²) >= 11 is 0. The molecule has 7 nitrogen and oxygen atoms in total. The maximum Gasteiger partial charge on any atom is 0.254 e. The van der Waals surface area contributed by atoms with Crippen LogP contribution in [0.4, 0.5) is 0 Å². The third-order valence-corrected chi connectivity index (χ3v) is 6.46. The highest BCUT2D eigenvalue weighted by Crippen LogP contribution is 2.43. The van der Waals surface area contributed by atoms with Crippen LogP contribution < -0.4 is 19.8 Å². The number of amides is 1. The molecule has 0 saturated heterocycles. The average Bonchev–Trinajstić information content (AvgIpc) is 3.67. The second-order valence-electron chi connectivity index (χ2n) is 8.37. The Morgan fingerprint density at radius 3 is 2.41 bits per heavy atom. The summed E-state index contributed by atoms with van der Waals surface area (Å²) in [5, 5.41) is 0.852. The van der Waals surface area contributed by atoms with Gasteiger partial charge in [-0.1, -0.05) is 0 Å². The Hall–Kier alpha value is -3.48. The Bertz CT molecular complexity index is 1260. The van der Waals surface area contributed by atoms with Crippen molar-refractivity contribution in [1.82, 2.24) is 9.88 Å². The van der Waals surface area contributed by atoms with Crippen LogP contribution in [0.15, 0.2) is 41.2 Å². The van der Waals surface area contributed by atoms with Gasteiger partial charge < -0.3 is 24.1 Å². The van der Waals surface area contributed by atoms with Crippen LogP contribution in [-0.4, -0.2) is 43.7 Å². The van der Waals surface area contributed by atoms with Crippen LogP contribution in [0, 0.1) is 5.92 Å². The molecule has 3 aromatic rings. The zero-order valence-electron chi connectivity index (χ0n) is 18.4. The van der Waals surface area contributed by atoms with Gasteiger partial charge in [-0.25, -0.2) is 0 Å². The summed E-state index contributed by atoms with van der Waals surface area (Å²) in [6.07, 6.45) is 2.52. The molecule has 1 atom stereocenters. The fourth-order valence-corrected chi connectivity index (χ4v) is 4.62. The lowest BCUT2D eigenvalue weighted by Crippen LogP contribution is -2.43. The molecule has 0 spiro atoms. The van der Waals surface area contributed by atoms with Crippen LogP contribution in [0.1, 0.15) is 35.6 Å². The van der Waals surface area contributed by atoms with Gasteiger partial charge in [0, 0.05) is 28.9 Å². The van der Waals surface area contributed by atoms with E-state index in [1.807, 2.05) is 41.3 Å². The Labute approximate surface area is 185 Å². The van der Waals surface area contributed by atoms with Crippen molar-refractivity contribution in [2.24, 2.45) is 5.92 Å². The van der Waals surface area contributed by atoms with Crippen LogP contribution in [0.3, 0.4) is 0 Å². The lowest BCUT2D eigenvalue weighted by molar-refractivity contribution is -0.134. The summed E-state index contributed by atoms with van der Waals surface area (Å²) in [5.41, 5.74) is 3.01. The van der Waals surface area contributed by atoms with Gasteiger partial charge in [-0.2, -0.15) is 0 Å². The molecule has 2 aromatic carbocycles. The maximum atomic E-state index is 13.2. The number of carbonyl (C=O) groups excluding carboxylic acids is 1. The number of aromatic nitrogens is 1. The van der Waals surface area contributed by atoms with Gasteiger partial charge in [-0.15, -0.1) is 0 Å². The number of rotatable bonds is 5. The first-order chi connectivity index (χ1) is 15.5. The van der Waals surface area contributed by atoms with Crippen LogP contribution in [0.25, 0.3) is 10.9 Å². The summed E-state index contributed by atoms with van der Waals surface area (Å²) in [6.45, 7) is 0.554. The fraction of sp³-hybridized carbons (Fsp3) is 0.360. The number of fused-ring (bicyclic) bond motifs is 2. The minimum atomic E-state index is -0.494. The minimum Gasteiger partial charge on any atom is -0.497 e. The molecule has 5 rings (SSSR count). The molecular weight excluding hydrogens is 408 g/mol. The molecule has 1 saturated carbocycles. The standard InChI is InChI=1S/C25H26N2O5/c1-30-17-6-7-20-16(10-17)11-19(24(28)26-20)23-18-13-22(32-3)21(31-2)12-15(18)8-9-27(23)25(29)14-4-5-14/h6-7,10-14,23H,4-5,8-9H2,1-3H3,(H,26,28)/t23-/m0/s1. The van der Waals surface area contributed by atoms with Crippen molar-refractivity contribution in [2.45, 2.75) is 25.3 Å². The number of benzene rings is 2. The van der Waals surface area contributed by atoms with Crippen molar-refractivity contribution < 1.29 is 19.0 Å². The zero-order valence-corrected chi connectivity index (χ0v) is 18.4. The fourth-order valence-electron chi connectivity index (χ4n) is 4.62. The number of hydrogen-bond acceptors (Lipinski definition) is 5. The van der Waals surface area contributed by atoms with Gasteiger partial charge in [0.05, 0.1) is 27.4 Å². The van der Waals surface area contributed by atoms with Crippen molar-refractivity contribution in [3.05, 3.63) is 63.4 Å². The Morgan fingerprint density at radius 2 is 1.72 bits per heavy atom. The molecule has 1 aliphatic heterocycles. The Balaban J connectivity index is 1.72. The van der Waals surface area contributed by atoms with E-state index in [-0.39, 0.29) is 17.4 Å². The Morgan fingerprint density at radius 1 is 0.969 bits per heavy atom. The summed E-state index contributed by atoms with van der Waals surface area (Å²) in [6, 6.07) is 10.8. The normalized spacial score (nSPS) is 17.7. The van der Waals surface area contributed by atoms with E-state index < -0.39 is 6.04 Å². The van der Waals surface area contributed by atoms with E-state index in [0.29, 0.717) is 35.8 Å². The number of nitrogens with one attached hydrogen (secondary N) is 1. The van der Waals surface area contributed by atoms with Gasteiger partial charge in [0.15, 0.2) is 11.5 Å². The first-order valence-corrected chi connectivity index (χ1v) is 10.8. The lowest BCUT2D eigenvalue weighted by atomic mass is 9.87. The molecule has 7 heteroatoms. The molecule has 1 fully saturated rings. The van der Waals surface area contributed by atoms with E-state index >= 15 is 0 Å². The largest absolute Gasteiger partial charge is 0.497 e. The van der Waals surface area contributed by atoms with E-state index in [1.165, 1.54) is 0 Å². The highest BCUT2D eigenvalue weighted by molar-refractivity contribution is 5.84. The first-order valence-electron chi connectivity index (χ1n) is 10.8. The van der Waals surface area contributed by atoms with E-state index in [9.17, 15) is 9.59 Å². The topological polar surface area (TPSA) is 80.9 Å². The van der Waals surface area contributed by atoms with Crippen molar-refractivity contribution in [2.75, 3.05) is 27.9 Å². The van der Waals surface area contributed by atoms with Gasteiger partial charge >= 0.3 is 0 Å². The van der Waals surface area contributed by atoms with Crippen molar-refractivity contribution >= 4 is 16.8 Å². The van der Waals surface area contributed by atoms with Gasteiger partial charge in [-0.3, -0.25) is 9.59 Å². The van der Waals surface area contributed by atoms with Gasteiger partial charge in [0.1, 0.15) is 5.75 Å². The lowest BCUT2D eigenvalue weighted by Gasteiger charge is -2.38. The first kappa shape index (κ1) is 20.4. The summed E-state index contributed by atoms with van der Waals surface area (Å²) < 4.78 is 16.4. The molecule has 1 amide bonds. The monoisotopic (exact) mass is 434 g/mol. The number of nitrogens with zero attached hydrogens (tertiary/aromatic N) is 1. The molecule has 166 valence electrons. The second-order valence-corrected chi connectivity index (χ2v) is 8.37. The number of carbonyl (C=O) groups is 1. The summed E-state index contributed by atoms with van der Waals surface area (Å²) in [7, 11) is 4.81. The number of ether oxygens (including phenoxy) is 3. The van der Waals surface area contributed by atoms with Crippen molar-refractivity contribution in [3.63, 3.8) is 0 Å². The highest BCUT2D eigenvalue weighted by atomic mass is 16.5. The second kappa shape index (κ2) is 7.89. The van der Waals surface area contributed by atoms with E-state index in [1.54, 1.807) is 21.3 Å². The zero-order chi connectivity index (χ0) is 22.4. The molecule has 2 aliphatic rings. The summed E-state index contributed by atoms with van der Waals surface area (Å²) in [5.74, 6) is 2.09. The molecule has 1 aromatic heterocycles. The van der Waals surface area contributed by atoms with Crippen LogP contribution in [0.5, 0.6) is 17.2 Å². The van der Waals surface area contributed by atoms with E-state index in [0.717, 1.165) is 34.9 Å². The van der Waals surface area contributed by atoms with Crippen molar-refractivity contribution in [3.8, 4) is 17.2 Å². The predicted molar refractivity (Wildman–Crippen MR) is 121 cm³/mol. The number of aromatic amines is 1. The van der Waals surface area contributed by atoms with E-state index in [2.05, 4.69) is 4.98 Å². The van der Waals surface area contributed by atoms with Gasteiger partial charge in [0.25, 0.3) is 5.56 Å². The smallest absolute Gasteiger partial charge is 0.254 e. The molecule has 0 bridgehead atoms. The van der Waals surface area contributed by atoms with Crippen LogP contribution in [-0.2, 0) is 11.2 Å². The number of methoxy groups -OCH3 is 3. The molecule has 0 radical (unpaired) electrons. The quantitative estimate of drug-likeness (QED) is 0.665. The minimum absolute atomic E-state index is 0.0545. The van der Waals surface area contributed by atoms with Gasteiger partial charge in [0.2, 0.25) is 5.91 Å². The van der Waals surface area contributed by atoms with Crippen molar-refractivity contribution in [1.29, 1.82) is 0 Å². The third-order valence-electron chi connectivity index (χ3n) is 6.46. The number of hydrogen-bond donors (Lipinski definition) is 1. The highest BCUT2D eigenvalue weighted by Gasteiger charge is 2.40. The number of H-pyrrole nitrogens is 1. The maximum absolute atomic E-state index is 13.2. The average molecular weight is 434 g/mol. The molecule has 2 heterocycles. The van der Waals surface area contributed by atoms with Crippen LogP contribution >= 0.6 is 0 Å². The van der Waals surface area contributed by atoms with E-state index in [4.69, 9.17) is 14.2 Å². The predicted octanol–water partition coefficient (Wildman–Crippen LogP) is 3.44. The molecule has 1 aliphatic carbocycles. The Kier molecular flexibility index (Phi) is 5.04. The summed E-state index contributed by atoms with van der Waals surface area (Å²) in [4.78, 5) is 31.3. The third kappa shape index (κ3) is 3.38.